The molecule has 0 aliphatic rings. The standard InChI is InChI=1S/C18H17N3O3/c1-14-3-2-4-17(11-14)23-9-10-24-18(22)15-5-7-16(8-6-15)21-13-19-12-20-21/h2-8,11-13H,9-10H2,1H3. The zero-order chi connectivity index (χ0) is 16.8. The van der Waals surface area contributed by atoms with E-state index in [1.807, 2.05) is 31.2 Å². The third-order valence-electron chi connectivity index (χ3n) is 3.36. The van der Waals surface area contributed by atoms with Gasteiger partial charge in [0.25, 0.3) is 0 Å². The van der Waals surface area contributed by atoms with E-state index in [0.29, 0.717) is 12.2 Å². The number of esters is 1. The smallest absolute Gasteiger partial charge is 0.338 e. The van der Waals surface area contributed by atoms with Gasteiger partial charge in [-0.2, -0.15) is 5.10 Å². The quantitative estimate of drug-likeness (QED) is 0.515. The summed E-state index contributed by atoms with van der Waals surface area (Å²) < 4.78 is 12.4. The van der Waals surface area contributed by atoms with Crippen LogP contribution in [0.5, 0.6) is 5.75 Å². The van der Waals surface area contributed by atoms with Crippen LogP contribution in [-0.4, -0.2) is 33.9 Å². The van der Waals surface area contributed by atoms with Crippen LogP contribution in [0.4, 0.5) is 0 Å². The Kier molecular flexibility index (Phi) is 4.86. The number of hydrogen-bond acceptors (Lipinski definition) is 5. The molecule has 122 valence electrons. The summed E-state index contributed by atoms with van der Waals surface area (Å²) in [5.41, 5.74) is 2.43. The molecule has 0 amide bonds. The Morgan fingerprint density at radius 2 is 1.96 bits per heavy atom. The third-order valence-corrected chi connectivity index (χ3v) is 3.36. The van der Waals surface area contributed by atoms with Crippen molar-refractivity contribution < 1.29 is 14.3 Å². The van der Waals surface area contributed by atoms with Crippen LogP contribution in [0.2, 0.25) is 0 Å². The summed E-state index contributed by atoms with van der Waals surface area (Å²) in [5.74, 6) is 0.385. The van der Waals surface area contributed by atoms with Crippen molar-refractivity contribution in [3.05, 3.63) is 72.3 Å². The third kappa shape index (κ3) is 3.98. The molecular weight excluding hydrogens is 306 g/mol. The molecule has 24 heavy (non-hydrogen) atoms. The number of hydrogen-bond donors (Lipinski definition) is 0. The number of nitrogens with zero attached hydrogens (tertiary/aromatic N) is 3. The molecule has 0 unspecified atom stereocenters. The summed E-state index contributed by atoms with van der Waals surface area (Å²) in [7, 11) is 0. The number of carbonyl (C=O) groups excluding carboxylic acids is 1. The molecule has 0 radical (unpaired) electrons. The summed E-state index contributed by atoms with van der Waals surface area (Å²) in [6, 6.07) is 14.7. The molecule has 0 aliphatic heterocycles. The second kappa shape index (κ2) is 7.41. The maximum absolute atomic E-state index is 12.0. The zero-order valence-corrected chi connectivity index (χ0v) is 13.3. The van der Waals surface area contributed by atoms with Crippen molar-refractivity contribution in [2.45, 2.75) is 6.92 Å². The van der Waals surface area contributed by atoms with E-state index in [1.165, 1.54) is 6.33 Å². The summed E-state index contributed by atoms with van der Waals surface area (Å²) in [6.07, 6.45) is 3.05. The van der Waals surface area contributed by atoms with Gasteiger partial charge >= 0.3 is 5.97 Å². The Morgan fingerprint density at radius 3 is 2.67 bits per heavy atom. The molecule has 6 nitrogen and oxygen atoms in total. The van der Waals surface area contributed by atoms with Gasteiger partial charge in [-0.15, -0.1) is 0 Å². The molecule has 6 heteroatoms. The van der Waals surface area contributed by atoms with Crippen molar-refractivity contribution in [2.24, 2.45) is 0 Å². The maximum atomic E-state index is 12.0. The highest BCUT2D eigenvalue weighted by molar-refractivity contribution is 5.89. The Hall–Kier alpha value is -3.15. The average Bonchev–Trinajstić information content (AvgIpc) is 3.13. The normalized spacial score (nSPS) is 10.4. The molecule has 0 bridgehead atoms. The fourth-order valence-electron chi connectivity index (χ4n) is 2.17. The molecule has 0 atom stereocenters. The number of rotatable bonds is 6. The topological polar surface area (TPSA) is 66.2 Å². The second-order valence-corrected chi connectivity index (χ2v) is 5.19. The highest BCUT2D eigenvalue weighted by Crippen LogP contribution is 2.12. The van der Waals surface area contributed by atoms with E-state index in [2.05, 4.69) is 10.1 Å². The van der Waals surface area contributed by atoms with Crippen molar-refractivity contribution in [1.29, 1.82) is 0 Å². The van der Waals surface area contributed by atoms with Crippen molar-refractivity contribution in [3.8, 4) is 11.4 Å². The zero-order valence-electron chi connectivity index (χ0n) is 13.3. The number of ether oxygens (including phenoxy) is 2. The van der Waals surface area contributed by atoms with E-state index in [-0.39, 0.29) is 12.6 Å². The number of benzene rings is 2. The van der Waals surface area contributed by atoms with Crippen LogP contribution < -0.4 is 4.74 Å². The van der Waals surface area contributed by atoms with E-state index in [9.17, 15) is 4.79 Å². The van der Waals surface area contributed by atoms with Crippen molar-refractivity contribution in [3.63, 3.8) is 0 Å². The van der Waals surface area contributed by atoms with E-state index >= 15 is 0 Å². The van der Waals surface area contributed by atoms with Gasteiger partial charge in [0.15, 0.2) is 0 Å². The first kappa shape index (κ1) is 15.7. The SMILES string of the molecule is Cc1cccc(OCCOC(=O)c2ccc(-n3cncn3)cc2)c1. The molecule has 3 rings (SSSR count). The van der Waals surface area contributed by atoms with Gasteiger partial charge in [0.1, 0.15) is 31.6 Å². The monoisotopic (exact) mass is 323 g/mol. The lowest BCUT2D eigenvalue weighted by molar-refractivity contribution is 0.0450. The molecule has 0 aliphatic carbocycles. The Bertz CT molecular complexity index is 799. The fraction of sp³-hybridized carbons (Fsp3) is 0.167. The largest absolute Gasteiger partial charge is 0.490 e. The summed E-state index contributed by atoms with van der Waals surface area (Å²) in [5, 5.41) is 4.03. The van der Waals surface area contributed by atoms with Crippen LogP contribution in [0, 0.1) is 6.92 Å². The Balaban J connectivity index is 1.48. The van der Waals surface area contributed by atoms with E-state index in [0.717, 1.165) is 17.0 Å². The van der Waals surface area contributed by atoms with Crippen LogP contribution in [-0.2, 0) is 4.74 Å². The van der Waals surface area contributed by atoms with Crippen LogP contribution in [0.3, 0.4) is 0 Å². The minimum atomic E-state index is -0.381. The molecule has 2 aromatic carbocycles. The fourth-order valence-corrected chi connectivity index (χ4v) is 2.17. The van der Waals surface area contributed by atoms with Gasteiger partial charge in [0, 0.05) is 0 Å². The van der Waals surface area contributed by atoms with Crippen molar-refractivity contribution in [1.82, 2.24) is 14.8 Å². The summed E-state index contributed by atoms with van der Waals surface area (Å²) in [4.78, 5) is 15.9. The number of carbonyl (C=O) groups is 1. The van der Waals surface area contributed by atoms with Gasteiger partial charge in [-0.1, -0.05) is 12.1 Å². The molecule has 1 heterocycles. The van der Waals surface area contributed by atoms with Crippen molar-refractivity contribution >= 4 is 5.97 Å². The predicted molar refractivity (Wildman–Crippen MR) is 88.3 cm³/mol. The van der Waals surface area contributed by atoms with Gasteiger partial charge in [0.05, 0.1) is 11.3 Å². The molecule has 3 aromatic rings. The van der Waals surface area contributed by atoms with Gasteiger partial charge in [-0.3, -0.25) is 0 Å². The maximum Gasteiger partial charge on any atom is 0.338 e. The highest BCUT2D eigenvalue weighted by Gasteiger charge is 2.07. The minimum absolute atomic E-state index is 0.192. The first-order valence-electron chi connectivity index (χ1n) is 7.54. The van der Waals surface area contributed by atoms with Crippen LogP contribution in [0.1, 0.15) is 15.9 Å². The van der Waals surface area contributed by atoms with Gasteiger partial charge in [-0.25, -0.2) is 14.5 Å². The predicted octanol–water partition coefficient (Wildman–Crippen LogP) is 2.81. The van der Waals surface area contributed by atoms with Crippen LogP contribution in [0.15, 0.2) is 61.2 Å². The summed E-state index contributed by atoms with van der Waals surface area (Å²) >= 11 is 0. The Morgan fingerprint density at radius 1 is 1.12 bits per heavy atom. The number of aryl methyl sites for hydroxylation is 1. The second-order valence-electron chi connectivity index (χ2n) is 5.19. The first-order chi connectivity index (χ1) is 11.7. The van der Waals surface area contributed by atoms with Gasteiger partial charge in [0.2, 0.25) is 0 Å². The van der Waals surface area contributed by atoms with E-state index in [4.69, 9.17) is 9.47 Å². The molecule has 1 aromatic heterocycles. The lowest BCUT2D eigenvalue weighted by atomic mass is 10.2. The Labute approximate surface area is 139 Å². The van der Waals surface area contributed by atoms with Crippen LogP contribution in [0.25, 0.3) is 5.69 Å². The van der Waals surface area contributed by atoms with E-state index in [1.54, 1.807) is 35.3 Å². The van der Waals surface area contributed by atoms with Gasteiger partial charge < -0.3 is 9.47 Å². The van der Waals surface area contributed by atoms with Crippen molar-refractivity contribution in [2.75, 3.05) is 13.2 Å². The minimum Gasteiger partial charge on any atom is -0.490 e. The van der Waals surface area contributed by atoms with E-state index < -0.39 is 0 Å². The highest BCUT2D eigenvalue weighted by atomic mass is 16.6. The molecule has 0 saturated heterocycles. The lowest BCUT2D eigenvalue weighted by Crippen LogP contribution is -2.12. The average molecular weight is 323 g/mol. The molecule has 0 spiro atoms. The molecule has 0 N–H and O–H groups in total. The molecule has 0 fully saturated rings. The molecule has 0 saturated carbocycles. The first-order valence-corrected chi connectivity index (χ1v) is 7.54. The summed E-state index contributed by atoms with van der Waals surface area (Å²) in [6.45, 7) is 2.50. The lowest BCUT2D eigenvalue weighted by Gasteiger charge is -2.08. The van der Waals surface area contributed by atoms with Crippen LogP contribution >= 0.6 is 0 Å². The number of aromatic nitrogens is 3. The van der Waals surface area contributed by atoms with Gasteiger partial charge in [-0.05, 0) is 48.9 Å². The molecular formula is C18H17N3O3.